The molecule has 53 heavy (non-hydrogen) atoms. The molecule has 0 aromatic carbocycles. The van der Waals surface area contributed by atoms with Crippen LogP contribution in [0.2, 0.25) is 0 Å². The summed E-state index contributed by atoms with van der Waals surface area (Å²) >= 11 is 0. The lowest BCUT2D eigenvalue weighted by Crippen LogP contribution is -2.43. The molecule has 0 saturated heterocycles. The predicted octanol–water partition coefficient (Wildman–Crippen LogP) is 9.21. The topological polar surface area (TPSA) is 148 Å². The van der Waals surface area contributed by atoms with E-state index >= 15 is 0 Å². The van der Waals surface area contributed by atoms with E-state index in [0.29, 0.717) is 12.8 Å². The van der Waals surface area contributed by atoms with Crippen molar-refractivity contribution in [3.63, 3.8) is 0 Å². The van der Waals surface area contributed by atoms with Crippen LogP contribution in [0.5, 0.6) is 0 Å². The SMILES string of the molecule is CNCCCCCCCCCCCCCCCC(=O)NC(CSSCC(NC(=O)CCCCCCCCCCCCCCCN(C)C)C(=O)O)C(=O)O. The number of nitrogens with one attached hydrogen (secondary N) is 3. The van der Waals surface area contributed by atoms with Gasteiger partial charge in [0, 0.05) is 24.3 Å². The molecule has 0 bridgehead atoms. The van der Waals surface area contributed by atoms with Crippen LogP contribution in [0.1, 0.15) is 180 Å². The summed E-state index contributed by atoms with van der Waals surface area (Å²) in [6, 6.07) is -2.08. The van der Waals surface area contributed by atoms with Crippen LogP contribution in [-0.2, 0) is 19.2 Å². The number of unbranched alkanes of at least 4 members (excludes halogenated alkanes) is 24. The number of rotatable bonds is 41. The van der Waals surface area contributed by atoms with Crippen molar-refractivity contribution in [2.45, 2.75) is 192 Å². The van der Waals surface area contributed by atoms with Gasteiger partial charge in [0.05, 0.1) is 0 Å². The maximum atomic E-state index is 12.4. The van der Waals surface area contributed by atoms with Gasteiger partial charge in [0.2, 0.25) is 11.8 Å². The number of hydrogen-bond donors (Lipinski definition) is 5. The van der Waals surface area contributed by atoms with Crippen molar-refractivity contribution < 1.29 is 29.4 Å². The molecule has 0 aromatic heterocycles. The maximum Gasteiger partial charge on any atom is 0.327 e. The summed E-state index contributed by atoms with van der Waals surface area (Å²) in [5.74, 6) is -2.53. The van der Waals surface area contributed by atoms with Gasteiger partial charge >= 0.3 is 11.9 Å². The average molecular weight is 789 g/mol. The van der Waals surface area contributed by atoms with Gasteiger partial charge in [0.15, 0.2) is 0 Å². The second-order valence-electron chi connectivity index (χ2n) is 15.1. The number of nitrogens with zero attached hydrogens (tertiary/aromatic N) is 1. The Morgan fingerprint density at radius 1 is 0.472 bits per heavy atom. The molecule has 12 heteroatoms. The van der Waals surface area contributed by atoms with E-state index in [1.807, 2.05) is 7.05 Å². The van der Waals surface area contributed by atoms with Crippen molar-refractivity contribution in [2.75, 3.05) is 45.7 Å². The number of carboxylic acid groups (broad SMARTS) is 2. The van der Waals surface area contributed by atoms with Crippen molar-refractivity contribution in [1.29, 1.82) is 0 Å². The van der Waals surface area contributed by atoms with Crippen molar-refractivity contribution in [3.05, 3.63) is 0 Å². The fourth-order valence-electron chi connectivity index (χ4n) is 6.30. The van der Waals surface area contributed by atoms with Crippen molar-refractivity contribution in [2.24, 2.45) is 0 Å². The van der Waals surface area contributed by atoms with Crippen molar-refractivity contribution >= 4 is 45.3 Å². The first-order valence-electron chi connectivity index (χ1n) is 21.3. The van der Waals surface area contributed by atoms with Gasteiger partial charge in [0.25, 0.3) is 0 Å². The van der Waals surface area contributed by atoms with Gasteiger partial charge in [-0.25, -0.2) is 9.59 Å². The number of amides is 2. The molecule has 0 aliphatic heterocycles. The van der Waals surface area contributed by atoms with Crippen molar-refractivity contribution in [3.8, 4) is 0 Å². The van der Waals surface area contributed by atoms with Gasteiger partial charge in [0.1, 0.15) is 12.1 Å². The van der Waals surface area contributed by atoms with Gasteiger partial charge < -0.3 is 31.1 Å². The fraction of sp³-hybridized carbons (Fsp3) is 0.902. The van der Waals surface area contributed by atoms with Gasteiger partial charge in [-0.15, -0.1) is 0 Å². The van der Waals surface area contributed by atoms with Crippen LogP contribution in [0.4, 0.5) is 0 Å². The molecule has 0 rings (SSSR count). The minimum absolute atomic E-state index is 0.111. The van der Waals surface area contributed by atoms with Crippen LogP contribution >= 0.6 is 21.6 Å². The zero-order chi connectivity index (χ0) is 39.2. The first-order valence-corrected chi connectivity index (χ1v) is 23.7. The Morgan fingerprint density at radius 3 is 1.04 bits per heavy atom. The third kappa shape index (κ3) is 37.2. The van der Waals surface area contributed by atoms with Crippen LogP contribution < -0.4 is 16.0 Å². The lowest BCUT2D eigenvalue weighted by Gasteiger charge is -2.16. The number of carbonyl (C=O) groups is 4. The van der Waals surface area contributed by atoms with E-state index < -0.39 is 24.0 Å². The third-order valence-corrected chi connectivity index (χ3v) is 12.1. The molecule has 0 aromatic rings. The minimum atomic E-state index is -1.11. The first kappa shape index (κ1) is 51.5. The molecule has 0 radical (unpaired) electrons. The number of carboxylic acids is 2. The predicted molar refractivity (Wildman–Crippen MR) is 226 cm³/mol. The quantitative estimate of drug-likeness (QED) is 0.0300. The van der Waals surface area contributed by atoms with Crippen LogP contribution in [0.15, 0.2) is 0 Å². The van der Waals surface area contributed by atoms with Crippen LogP contribution in [0, 0.1) is 0 Å². The highest BCUT2D eigenvalue weighted by atomic mass is 33.1. The molecule has 2 amide bonds. The van der Waals surface area contributed by atoms with E-state index in [4.69, 9.17) is 0 Å². The molecule has 0 aliphatic rings. The Labute approximate surface area is 332 Å². The third-order valence-electron chi connectivity index (χ3n) is 9.66. The molecule has 312 valence electrons. The molecular formula is C41H80N4O6S2. The Morgan fingerprint density at radius 2 is 0.755 bits per heavy atom. The van der Waals surface area contributed by atoms with Gasteiger partial charge in [-0.1, -0.05) is 163 Å². The average Bonchev–Trinajstić information content (AvgIpc) is 3.11. The molecule has 0 heterocycles. The highest BCUT2D eigenvalue weighted by Crippen LogP contribution is 2.23. The summed E-state index contributed by atoms with van der Waals surface area (Å²) in [6.07, 6.45) is 32.1. The molecule has 2 atom stereocenters. The lowest BCUT2D eigenvalue weighted by atomic mass is 10.0. The second-order valence-corrected chi connectivity index (χ2v) is 17.6. The molecule has 10 nitrogen and oxygen atoms in total. The van der Waals surface area contributed by atoms with E-state index in [0.717, 1.165) is 45.1 Å². The van der Waals surface area contributed by atoms with Gasteiger partial charge in [-0.05, 0) is 59.9 Å². The van der Waals surface area contributed by atoms with Gasteiger partial charge in [-0.3, -0.25) is 9.59 Å². The van der Waals surface area contributed by atoms with E-state index in [1.54, 1.807) is 0 Å². The zero-order valence-electron chi connectivity index (χ0n) is 34.1. The van der Waals surface area contributed by atoms with Crippen molar-refractivity contribution in [1.82, 2.24) is 20.9 Å². The summed E-state index contributed by atoms with van der Waals surface area (Å²) in [7, 11) is 8.66. The molecule has 0 fully saturated rings. The Bertz CT molecular complexity index is 899. The standard InChI is InChI=1S/C41H80N4O6S2/c1-42-32-28-24-20-16-12-8-4-6-10-14-18-22-26-30-38(46)43-36(40(48)49)34-52-53-35-37(41(50)51)44-39(47)31-27-23-19-15-11-7-5-9-13-17-21-25-29-33-45(2)3/h36-37,42H,4-35H2,1-3H3,(H,43,46)(H,44,47)(H,48,49)(H,50,51). The summed E-state index contributed by atoms with van der Waals surface area (Å²) in [4.78, 5) is 50.5. The molecule has 0 aliphatic carbocycles. The lowest BCUT2D eigenvalue weighted by molar-refractivity contribution is -0.141. The van der Waals surface area contributed by atoms with E-state index in [2.05, 4.69) is 34.9 Å². The molecule has 2 unspecified atom stereocenters. The van der Waals surface area contributed by atoms with Gasteiger partial charge in [-0.2, -0.15) is 0 Å². The minimum Gasteiger partial charge on any atom is -0.480 e. The van der Waals surface area contributed by atoms with E-state index in [-0.39, 0.29) is 23.3 Å². The largest absolute Gasteiger partial charge is 0.480 e. The monoisotopic (exact) mass is 789 g/mol. The summed E-state index contributed by atoms with van der Waals surface area (Å²) < 4.78 is 0. The first-order chi connectivity index (χ1) is 25.7. The normalized spacial score (nSPS) is 12.5. The Balaban J connectivity index is 3.87. The number of hydrogen-bond acceptors (Lipinski definition) is 8. The summed E-state index contributed by atoms with van der Waals surface area (Å²) in [6.45, 7) is 2.31. The molecule has 0 saturated carbocycles. The molecular weight excluding hydrogens is 709 g/mol. The van der Waals surface area contributed by atoms with Crippen LogP contribution in [0.25, 0.3) is 0 Å². The highest BCUT2D eigenvalue weighted by molar-refractivity contribution is 8.76. The van der Waals surface area contributed by atoms with Crippen LogP contribution in [-0.4, -0.2) is 96.7 Å². The summed E-state index contributed by atoms with van der Waals surface area (Å²) in [5, 5.41) is 27.6. The highest BCUT2D eigenvalue weighted by Gasteiger charge is 2.23. The molecule has 0 spiro atoms. The number of carbonyl (C=O) groups excluding carboxylic acids is 2. The smallest absolute Gasteiger partial charge is 0.327 e. The van der Waals surface area contributed by atoms with Crippen LogP contribution in [0.3, 0.4) is 0 Å². The Hall–Kier alpha value is -1.50. The fourth-order valence-corrected chi connectivity index (χ4v) is 8.61. The zero-order valence-corrected chi connectivity index (χ0v) is 35.7. The second kappa shape index (κ2) is 38.8. The van der Waals surface area contributed by atoms with E-state index in [9.17, 15) is 29.4 Å². The maximum absolute atomic E-state index is 12.4. The van der Waals surface area contributed by atoms with E-state index in [1.165, 1.54) is 157 Å². The summed E-state index contributed by atoms with van der Waals surface area (Å²) in [5.41, 5.74) is 0. The molecule has 5 N–H and O–H groups in total. The Kier molecular flexibility index (Phi) is 37.7. The number of aliphatic carboxylic acids is 2.